The Kier molecular flexibility index (Phi) is 7.24. The third kappa shape index (κ3) is 5.39. The van der Waals surface area contributed by atoms with E-state index in [9.17, 15) is 4.79 Å². The monoisotopic (exact) mass is 447 g/mol. The van der Waals surface area contributed by atoms with Gasteiger partial charge in [-0.1, -0.05) is 54.2 Å². The van der Waals surface area contributed by atoms with Crippen LogP contribution in [0.2, 0.25) is 0 Å². The number of nitrogens with zero attached hydrogens (tertiary/aromatic N) is 3. The minimum absolute atomic E-state index is 0.0264. The fourth-order valence-electron chi connectivity index (χ4n) is 3.35. The lowest BCUT2D eigenvalue weighted by molar-refractivity contribution is -0.120. The van der Waals surface area contributed by atoms with Crippen molar-refractivity contribution in [2.45, 2.75) is 31.2 Å². The number of carbonyl (C=O) groups is 1. The van der Waals surface area contributed by atoms with Crippen molar-refractivity contribution in [2.24, 2.45) is 0 Å². The Morgan fingerprint density at radius 3 is 2.81 bits per heavy atom. The van der Waals surface area contributed by atoms with Crippen molar-refractivity contribution in [1.29, 1.82) is 0 Å². The summed E-state index contributed by atoms with van der Waals surface area (Å²) in [5.74, 6) is 2.14. The Morgan fingerprint density at radius 2 is 1.97 bits per heavy atom. The third-order valence-electron chi connectivity index (χ3n) is 4.93. The molecule has 2 heterocycles. The van der Waals surface area contributed by atoms with Crippen LogP contribution < -0.4 is 10.6 Å². The Bertz CT molecular complexity index is 1180. The maximum atomic E-state index is 12.1. The van der Waals surface area contributed by atoms with E-state index in [-0.39, 0.29) is 5.91 Å². The number of allylic oxidation sites excluding steroid dienone is 1. The number of carbonyl (C=O) groups excluding carboxylic acids is 1. The normalized spacial score (nSPS) is 10.9. The van der Waals surface area contributed by atoms with E-state index < -0.39 is 0 Å². The van der Waals surface area contributed by atoms with Gasteiger partial charge < -0.3 is 19.6 Å². The number of aromatic nitrogens is 3. The van der Waals surface area contributed by atoms with Gasteiger partial charge in [-0.3, -0.25) is 4.79 Å². The van der Waals surface area contributed by atoms with Crippen molar-refractivity contribution in [3.63, 3.8) is 0 Å². The van der Waals surface area contributed by atoms with Gasteiger partial charge in [0, 0.05) is 29.8 Å². The molecule has 0 spiro atoms. The summed E-state index contributed by atoms with van der Waals surface area (Å²) in [5.41, 5.74) is 1.05. The second-order valence-electron chi connectivity index (χ2n) is 7.13. The van der Waals surface area contributed by atoms with Gasteiger partial charge in [0.25, 0.3) is 0 Å². The summed E-state index contributed by atoms with van der Waals surface area (Å²) in [5, 5.41) is 18.2. The quantitative estimate of drug-likeness (QED) is 0.258. The number of fused-ring (bicyclic) bond motifs is 1. The van der Waals surface area contributed by atoms with Gasteiger partial charge >= 0.3 is 0 Å². The van der Waals surface area contributed by atoms with E-state index in [4.69, 9.17) is 4.42 Å². The largest absolute Gasteiger partial charge is 0.467 e. The van der Waals surface area contributed by atoms with E-state index in [0.29, 0.717) is 31.8 Å². The molecule has 0 saturated heterocycles. The number of hydrogen-bond acceptors (Lipinski definition) is 6. The number of anilines is 1. The van der Waals surface area contributed by atoms with Crippen LogP contribution in [-0.2, 0) is 24.4 Å². The summed E-state index contributed by atoms with van der Waals surface area (Å²) in [4.78, 5) is 12.1. The summed E-state index contributed by atoms with van der Waals surface area (Å²) in [6, 6.07) is 18.1. The van der Waals surface area contributed by atoms with Crippen LogP contribution in [0.1, 0.15) is 18.0 Å². The minimum atomic E-state index is -0.0264. The maximum absolute atomic E-state index is 12.1. The topological polar surface area (TPSA) is 85.0 Å². The standard InChI is InChI=1S/C24H25N5O2S/c1-2-13-29-22(17-25-21-11-5-8-18-7-3-4-10-20(18)21)27-28-24(29)32-15-12-23(30)26-16-19-9-6-14-31-19/h2-11,14,25H,1,12-13,15-17H2,(H,26,30). The molecule has 4 aromatic rings. The first-order valence-electron chi connectivity index (χ1n) is 10.4. The van der Waals surface area contributed by atoms with Crippen molar-refractivity contribution in [3.05, 3.63) is 85.1 Å². The van der Waals surface area contributed by atoms with E-state index in [1.807, 2.05) is 34.9 Å². The predicted octanol–water partition coefficient (Wildman–Crippen LogP) is 4.62. The Labute approximate surface area is 190 Å². The summed E-state index contributed by atoms with van der Waals surface area (Å²) in [6.07, 6.45) is 3.80. The number of benzene rings is 2. The first-order valence-corrected chi connectivity index (χ1v) is 11.4. The van der Waals surface area contributed by atoms with Crippen LogP contribution >= 0.6 is 11.8 Å². The Balaban J connectivity index is 1.34. The molecule has 4 rings (SSSR count). The van der Waals surface area contributed by atoms with E-state index in [0.717, 1.165) is 22.4 Å². The van der Waals surface area contributed by atoms with Crippen LogP contribution in [0, 0.1) is 0 Å². The van der Waals surface area contributed by atoms with Crippen molar-refractivity contribution < 1.29 is 9.21 Å². The second-order valence-corrected chi connectivity index (χ2v) is 8.19. The highest BCUT2D eigenvalue weighted by Gasteiger charge is 2.13. The molecule has 1 amide bonds. The number of furan rings is 1. The zero-order chi connectivity index (χ0) is 22.2. The molecule has 2 N–H and O–H groups in total. The average Bonchev–Trinajstić information content (AvgIpc) is 3.47. The van der Waals surface area contributed by atoms with Crippen molar-refractivity contribution in [1.82, 2.24) is 20.1 Å². The van der Waals surface area contributed by atoms with Crippen LogP contribution in [0.3, 0.4) is 0 Å². The zero-order valence-electron chi connectivity index (χ0n) is 17.7. The fraction of sp³-hybridized carbons (Fsp3) is 0.208. The summed E-state index contributed by atoms with van der Waals surface area (Å²) in [7, 11) is 0. The molecule has 7 nitrogen and oxygen atoms in total. The molecule has 2 aromatic heterocycles. The van der Waals surface area contributed by atoms with Crippen LogP contribution in [0.25, 0.3) is 10.8 Å². The zero-order valence-corrected chi connectivity index (χ0v) is 18.5. The maximum Gasteiger partial charge on any atom is 0.221 e. The molecule has 0 aliphatic heterocycles. The molecule has 0 bridgehead atoms. The fourth-order valence-corrected chi connectivity index (χ4v) is 4.25. The first-order chi connectivity index (χ1) is 15.7. The molecule has 0 aliphatic rings. The lowest BCUT2D eigenvalue weighted by atomic mass is 10.1. The number of thioether (sulfide) groups is 1. The van der Waals surface area contributed by atoms with Crippen molar-refractivity contribution in [2.75, 3.05) is 11.1 Å². The molecular weight excluding hydrogens is 422 g/mol. The van der Waals surface area contributed by atoms with Crippen molar-refractivity contribution in [3.8, 4) is 0 Å². The van der Waals surface area contributed by atoms with E-state index in [1.54, 1.807) is 12.3 Å². The lowest BCUT2D eigenvalue weighted by Gasteiger charge is -2.11. The molecular formula is C24H25N5O2S. The van der Waals surface area contributed by atoms with Crippen LogP contribution in [0.5, 0.6) is 0 Å². The van der Waals surface area contributed by atoms with Gasteiger partial charge in [-0.2, -0.15) is 0 Å². The molecule has 0 atom stereocenters. The van der Waals surface area contributed by atoms with Gasteiger partial charge in [0.05, 0.1) is 19.4 Å². The predicted molar refractivity (Wildman–Crippen MR) is 127 cm³/mol. The number of hydrogen-bond donors (Lipinski definition) is 2. The second kappa shape index (κ2) is 10.7. The van der Waals surface area contributed by atoms with E-state index in [1.165, 1.54) is 22.5 Å². The molecule has 0 unspecified atom stereocenters. The van der Waals surface area contributed by atoms with Gasteiger partial charge in [-0.25, -0.2) is 0 Å². The van der Waals surface area contributed by atoms with Gasteiger partial charge in [0.2, 0.25) is 5.91 Å². The Morgan fingerprint density at radius 1 is 1.09 bits per heavy atom. The van der Waals surface area contributed by atoms with Gasteiger partial charge in [0.1, 0.15) is 5.76 Å². The molecule has 0 fully saturated rings. The van der Waals surface area contributed by atoms with Gasteiger partial charge in [0.15, 0.2) is 11.0 Å². The van der Waals surface area contributed by atoms with Crippen LogP contribution in [0.4, 0.5) is 5.69 Å². The SMILES string of the molecule is C=CCn1c(CNc2cccc3ccccc23)nnc1SCCC(=O)NCc1ccco1. The average molecular weight is 448 g/mol. The molecule has 0 radical (unpaired) electrons. The molecule has 2 aromatic carbocycles. The highest BCUT2D eigenvalue weighted by atomic mass is 32.2. The minimum Gasteiger partial charge on any atom is -0.467 e. The molecule has 8 heteroatoms. The van der Waals surface area contributed by atoms with E-state index >= 15 is 0 Å². The first kappa shape index (κ1) is 21.7. The highest BCUT2D eigenvalue weighted by Crippen LogP contribution is 2.24. The molecule has 0 aliphatic carbocycles. The third-order valence-corrected chi connectivity index (χ3v) is 5.90. The number of amides is 1. The number of nitrogens with one attached hydrogen (secondary N) is 2. The smallest absolute Gasteiger partial charge is 0.221 e. The molecule has 0 saturated carbocycles. The summed E-state index contributed by atoms with van der Waals surface area (Å²) < 4.78 is 7.25. The van der Waals surface area contributed by atoms with Crippen LogP contribution in [0.15, 0.2) is 83.1 Å². The highest BCUT2D eigenvalue weighted by molar-refractivity contribution is 7.99. The molecule has 164 valence electrons. The van der Waals surface area contributed by atoms with Gasteiger partial charge in [-0.15, -0.1) is 16.8 Å². The lowest BCUT2D eigenvalue weighted by Crippen LogP contribution is -2.22. The molecule has 32 heavy (non-hydrogen) atoms. The van der Waals surface area contributed by atoms with Gasteiger partial charge in [-0.05, 0) is 23.6 Å². The van der Waals surface area contributed by atoms with E-state index in [2.05, 4.69) is 51.7 Å². The van der Waals surface area contributed by atoms with Crippen LogP contribution in [-0.4, -0.2) is 26.4 Å². The Hall–Kier alpha value is -3.52. The summed E-state index contributed by atoms with van der Waals surface area (Å²) >= 11 is 1.51. The van der Waals surface area contributed by atoms with Crippen molar-refractivity contribution >= 4 is 34.1 Å². The number of rotatable bonds is 11. The summed E-state index contributed by atoms with van der Waals surface area (Å²) in [6.45, 7) is 5.40.